The van der Waals surface area contributed by atoms with E-state index in [1.165, 1.54) is 39.0 Å². The molecule has 7 heteroatoms. The Kier molecular flexibility index (Phi) is 5.09. The van der Waals surface area contributed by atoms with Crippen molar-refractivity contribution in [2.75, 3.05) is 0 Å². The van der Waals surface area contributed by atoms with Crippen LogP contribution >= 0.6 is 0 Å². The van der Waals surface area contributed by atoms with E-state index in [9.17, 15) is 24.0 Å². The van der Waals surface area contributed by atoms with Gasteiger partial charge in [0.25, 0.3) is 0 Å². The van der Waals surface area contributed by atoms with E-state index in [1.807, 2.05) is 0 Å². The molecular weight excluding hydrogens is 364 g/mol. The highest BCUT2D eigenvalue weighted by atomic mass is 16.5. The molecule has 0 aromatic heterocycles. The molecule has 0 bridgehead atoms. The Hall–Kier alpha value is -3.35. The summed E-state index contributed by atoms with van der Waals surface area (Å²) in [5, 5.41) is 0. The van der Waals surface area contributed by atoms with Gasteiger partial charge in [-0.15, -0.1) is 0 Å². The number of Topliss-reactive ketones (excluding diaryl/α,β-unsaturated/α-hetero) is 3. The number of rotatable bonds is 4. The summed E-state index contributed by atoms with van der Waals surface area (Å²) in [6, 6.07) is 6.30. The minimum Gasteiger partial charge on any atom is -0.430 e. The Labute approximate surface area is 161 Å². The number of carbonyl (C=O) groups excluding carboxylic acids is 5. The monoisotopic (exact) mass is 382 g/mol. The van der Waals surface area contributed by atoms with Crippen molar-refractivity contribution in [1.29, 1.82) is 0 Å². The molecule has 1 aromatic carbocycles. The lowest BCUT2D eigenvalue weighted by Crippen LogP contribution is -2.42. The Morgan fingerprint density at radius 1 is 0.857 bits per heavy atom. The molecule has 7 nitrogen and oxygen atoms in total. The van der Waals surface area contributed by atoms with Crippen LogP contribution in [-0.2, 0) is 23.9 Å². The average molecular weight is 382 g/mol. The molecule has 0 saturated heterocycles. The fraction of sp³-hybridized carbons (Fsp3) is 0.286. The molecule has 2 unspecified atom stereocenters. The van der Waals surface area contributed by atoms with Gasteiger partial charge in [0.05, 0.1) is 11.8 Å². The SMILES string of the molecule is CC(=O)CC1=C(OC(C)=O)C2C(=O)c3ccccc3C(=O)C2C(OC(C)=O)=C1. The van der Waals surface area contributed by atoms with Gasteiger partial charge in [-0.2, -0.15) is 0 Å². The Balaban J connectivity index is 2.26. The molecule has 1 aromatic rings. The lowest BCUT2D eigenvalue weighted by atomic mass is 9.69. The van der Waals surface area contributed by atoms with Crippen molar-refractivity contribution in [1.82, 2.24) is 0 Å². The quantitative estimate of drug-likeness (QED) is 0.737. The summed E-state index contributed by atoms with van der Waals surface area (Å²) in [5.41, 5.74) is 0.648. The first-order chi connectivity index (χ1) is 13.2. The van der Waals surface area contributed by atoms with Crippen LogP contribution in [-0.4, -0.2) is 29.3 Å². The van der Waals surface area contributed by atoms with Gasteiger partial charge in [0.2, 0.25) is 0 Å². The second kappa shape index (κ2) is 7.34. The van der Waals surface area contributed by atoms with E-state index in [4.69, 9.17) is 9.47 Å². The Morgan fingerprint density at radius 3 is 1.89 bits per heavy atom. The van der Waals surface area contributed by atoms with Gasteiger partial charge < -0.3 is 9.47 Å². The molecule has 2 aliphatic rings. The largest absolute Gasteiger partial charge is 0.430 e. The van der Waals surface area contributed by atoms with Crippen molar-refractivity contribution in [3.8, 4) is 0 Å². The summed E-state index contributed by atoms with van der Waals surface area (Å²) in [4.78, 5) is 61.3. The fourth-order valence-corrected chi connectivity index (χ4v) is 3.60. The molecule has 2 aliphatic carbocycles. The molecule has 0 aliphatic heterocycles. The average Bonchev–Trinajstić information content (AvgIpc) is 2.60. The maximum Gasteiger partial charge on any atom is 0.307 e. The van der Waals surface area contributed by atoms with Gasteiger partial charge >= 0.3 is 11.9 Å². The number of hydrogen-bond acceptors (Lipinski definition) is 7. The summed E-state index contributed by atoms with van der Waals surface area (Å²) in [7, 11) is 0. The number of benzene rings is 1. The van der Waals surface area contributed by atoms with Gasteiger partial charge in [-0.1, -0.05) is 24.3 Å². The van der Waals surface area contributed by atoms with E-state index in [0.29, 0.717) is 0 Å². The van der Waals surface area contributed by atoms with Crippen molar-refractivity contribution in [3.05, 3.63) is 58.6 Å². The van der Waals surface area contributed by atoms with Crippen LogP contribution in [0.3, 0.4) is 0 Å². The lowest BCUT2D eigenvalue weighted by Gasteiger charge is -2.35. The number of ether oxygens (including phenoxy) is 2. The third-order valence-corrected chi connectivity index (χ3v) is 4.53. The molecule has 144 valence electrons. The highest BCUT2D eigenvalue weighted by molar-refractivity contribution is 6.18. The van der Waals surface area contributed by atoms with Crippen molar-refractivity contribution >= 4 is 29.3 Å². The molecular formula is C21H18O7. The van der Waals surface area contributed by atoms with E-state index in [1.54, 1.807) is 12.1 Å². The van der Waals surface area contributed by atoms with E-state index in [2.05, 4.69) is 0 Å². The normalized spacial score (nSPS) is 20.8. The Bertz CT molecular complexity index is 980. The molecule has 3 rings (SSSR count). The predicted octanol–water partition coefficient (Wildman–Crippen LogP) is 2.55. The number of ketones is 3. The number of hydrogen-bond donors (Lipinski definition) is 0. The zero-order valence-electron chi connectivity index (χ0n) is 15.6. The minimum atomic E-state index is -1.18. The number of fused-ring (bicyclic) bond motifs is 2. The maximum absolute atomic E-state index is 13.2. The second-order valence-corrected chi connectivity index (χ2v) is 6.73. The van der Waals surface area contributed by atoms with Crippen molar-refractivity contribution < 1.29 is 33.4 Å². The zero-order valence-corrected chi connectivity index (χ0v) is 15.6. The number of esters is 2. The van der Waals surface area contributed by atoms with Gasteiger partial charge in [0.1, 0.15) is 17.3 Å². The van der Waals surface area contributed by atoms with Gasteiger partial charge in [-0.05, 0) is 13.0 Å². The standard InChI is InChI=1S/C21H18O7/c1-10(22)8-13-9-16(27-11(2)23)17-18(21(13)28-12(3)24)20(26)15-7-5-4-6-14(15)19(17)25/h4-7,9,17-18H,8H2,1-3H3. The highest BCUT2D eigenvalue weighted by Gasteiger charge is 2.50. The molecule has 0 saturated carbocycles. The van der Waals surface area contributed by atoms with Crippen LogP contribution in [0.25, 0.3) is 0 Å². The summed E-state index contributed by atoms with van der Waals surface area (Å²) in [5.74, 6) is -4.84. The maximum atomic E-state index is 13.2. The van der Waals surface area contributed by atoms with Crippen LogP contribution in [0, 0.1) is 11.8 Å². The van der Waals surface area contributed by atoms with E-state index in [-0.39, 0.29) is 40.4 Å². The van der Waals surface area contributed by atoms with E-state index in [0.717, 1.165) is 0 Å². The van der Waals surface area contributed by atoms with Crippen molar-refractivity contribution in [3.63, 3.8) is 0 Å². The smallest absolute Gasteiger partial charge is 0.307 e. The predicted molar refractivity (Wildman–Crippen MR) is 96.0 cm³/mol. The first-order valence-corrected chi connectivity index (χ1v) is 8.69. The summed E-state index contributed by atoms with van der Waals surface area (Å²) in [6.07, 6.45) is 1.21. The van der Waals surface area contributed by atoms with E-state index < -0.39 is 35.3 Å². The van der Waals surface area contributed by atoms with Crippen LogP contribution < -0.4 is 0 Å². The second-order valence-electron chi connectivity index (χ2n) is 6.73. The lowest BCUT2D eigenvalue weighted by molar-refractivity contribution is -0.140. The molecule has 0 N–H and O–H groups in total. The van der Waals surface area contributed by atoms with Crippen molar-refractivity contribution in [2.45, 2.75) is 27.2 Å². The van der Waals surface area contributed by atoms with Crippen molar-refractivity contribution in [2.24, 2.45) is 11.8 Å². The molecule has 2 atom stereocenters. The van der Waals surface area contributed by atoms with E-state index >= 15 is 0 Å². The third-order valence-electron chi connectivity index (χ3n) is 4.53. The van der Waals surface area contributed by atoms with Gasteiger partial charge in [0.15, 0.2) is 11.6 Å². The molecule has 0 spiro atoms. The molecule has 0 radical (unpaired) electrons. The first kappa shape index (κ1) is 19.4. The summed E-state index contributed by atoms with van der Waals surface area (Å²) < 4.78 is 10.5. The zero-order chi connectivity index (χ0) is 20.6. The van der Waals surface area contributed by atoms with Gasteiger partial charge in [0, 0.05) is 37.0 Å². The van der Waals surface area contributed by atoms with Crippen LogP contribution in [0.2, 0.25) is 0 Å². The molecule has 0 amide bonds. The summed E-state index contributed by atoms with van der Waals surface area (Å²) >= 11 is 0. The van der Waals surface area contributed by atoms with Crippen LogP contribution in [0.5, 0.6) is 0 Å². The topological polar surface area (TPSA) is 104 Å². The minimum absolute atomic E-state index is 0.0301. The molecule has 0 heterocycles. The Morgan fingerprint density at radius 2 is 1.39 bits per heavy atom. The highest BCUT2D eigenvalue weighted by Crippen LogP contribution is 2.44. The van der Waals surface area contributed by atoms with Crippen LogP contribution in [0.4, 0.5) is 0 Å². The first-order valence-electron chi connectivity index (χ1n) is 8.69. The molecule has 28 heavy (non-hydrogen) atoms. The summed E-state index contributed by atoms with van der Waals surface area (Å²) in [6.45, 7) is 3.68. The van der Waals surface area contributed by atoms with Crippen LogP contribution in [0.15, 0.2) is 47.4 Å². The van der Waals surface area contributed by atoms with Gasteiger partial charge in [-0.3, -0.25) is 24.0 Å². The number of allylic oxidation sites excluding steroid dienone is 4. The fourth-order valence-electron chi connectivity index (χ4n) is 3.60. The third kappa shape index (κ3) is 3.43. The van der Waals surface area contributed by atoms with Gasteiger partial charge in [-0.25, -0.2) is 0 Å². The molecule has 0 fully saturated rings. The van der Waals surface area contributed by atoms with Crippen LogP contribution in [0.1, 0.15) is 47.9 Å². The number of carbonyl (C=O) groups is 5.